The average Bonchev–Trinajstić information content (AvgIpc) is 2.87. The van der Waals surface area contributed by atoms with E-state index in [1.54, 1.807) is 11.1 Å². The molecule has 1 saturated heterocycles. The van der Waals surface area contributed by atoms with Crippen molar-refractivity contribution in [1.29, 1.82) is 0 Å². The summed E-state index contributed by atoms with van der Waals surface area (Å²) >= 11 is 0. The molecule has 3 rings (SSSR count). The Bertz CT molecular complexity index is 413. The Morgan fingerprint density at radius 3 is 3.06 bits per heavy atom. The van der Waals surface area contributed by atoms with Crippen molar-refractivity contribution in [3.8, 4) is 0 Å². The minimum atomic E-state index is 0.456. The van der Waals surface area contributed by atoms with E-state index < -0.39 is 0 Å². The summed E-state index contributed by atoms with van der Waals surface area (Å²) in [7, 11) is 2.17. The molecule has 2 aliphatic rings. The molecule has 1 fully saturated rings. The fourth-order valence-electron chi connectivity index (χ4n) is 2.97. The molecule has 3 nitrogen and oxygen atoms in total. The molecule has 3 heteroatoms. The summed E-state index contributed by atoms with van der Waals surface area (Å²) in [5.41, 5.74) is 4.43. The van der Waals surface area contributed by atoms with E-state index >= 15 is 0 Å². The van der Waals surface area contributed by atoms with Crippen molar-refractivity contribution in [3.63, 3.8) is 0 Å². The first-order valence-electron chi connectivity index (χ1n) is 6.97. The van der Waals surface area contributed by atoms with Crippen LogP contribution in [0.4, 0.5) is 5.69 Å². The number of rotatable bonds is 3. The maximum atomic E-state index is 5.50. The number of hydrogen-bond donors (Lipinski definition) is 1. The number of aryl methyl sites for hydroxylation is 2. The van der Waals surface area contributed by atoms with E-state index in [1.165, 1.54) is 24.9 Å². The number of fused-ring (bicyclic) bond motifs is 1. The summed E-state index contributed by atoms with van der Waals surface area (Å²) < 4.78 is 5.50. The quantitative estimate of drug-likeness (QED) is 0.877. The molecule has 1 atom stereocenters. The van der Waals surface area contributed by atoms with Gasteiger partial charge in [0.05, 0.1) is 13.2 Å². The third-order valence-corrected chi connectivity index (χ3v) is 4.02. The molecule has 98 valence electrons. The van der Waals surface area contributed by atoms with Gasteiger partial charge in [-0.3, -0.25) is 0 Å². The van der Waals surface area contributed by atoms with Gasteiger partial charge in [-0.1, -0.05) is 6.07 Å². The van der Waals surface area contributed by atoms with E-state index in [0.717, 1.165) is 26.3 Å². The van der Waals surface area contributed by atoms with Gasteiger partial charge >= 0.3 is 0 Å². The molecule has 0 saturated carbocycles. The third kappa shape index (κ3) is 2.52. The molecule has 1 aromatic rings. The Hall–Kier alpha value is -1.06. The van der Waals surface area contributed by atoms with Crippen LogP contribution in [0.1, 0.15) is 17.5 Å². The van der Waals surface area contributed by atoms with E-state index in [9.17, 15) is 0 Å². The van der Waals surface area contributed by atoms with Crippen LogP contribution in [0.5, 0.6) is 0 Å². The lowest BCUT2D eigenvalue weighted by atomic mass is 10.1. The van der Waals surface area contributed by atoms with Crippen LogP contribution in [0, 0.1) is 0 Å². The first-order chi connectivity index (χ1) is 8.83. The lowest BCUT2D eigenvalue weighted by Crippen LogP contribution is -2.47. The van der Waals surface area contributed by atoms with Crippen molar-refractivity contribution in [1.82, 2.24) is 5.32 Å². The van der Waals surface area contributed by atoms with E-state index in [-0.39, 0.29) is 0 Å². The molecule has 1 unspecified atom stereocenters. The Morgan fingerprint density at radius 2 is 2.22 bits per heavy atom. The molecule has 18 heavy (non-hydrogen) atoms. The number of nitrogens with one attached hydrogen (secondary N) is 1. The molecule has 0 bridgehead atoms. The number of ether oxygens (including phenoxy) is 1. The van der Waals surface area contributed by atoms with Crippen molar-refractivity contribution in [3.05, 3.63) is 29.3 Å². The van der Waals surface area contributed by atoms with Crippen LogP contribution in [0.3, 0.4) is 0 Å². The van der Waals surface area contributed by atoms with Crippen LogP contribution in [-0.2, 0) is 17.6 Å². The van der Waals surface area contributed by atoms with Gasteiger partial charge in [0.2, 0.25) is 0 Å². The summed E-state index contributed by atoms with van der Waals surface area (Å²) in [4.78, 5) is 2.34. The topological polar surface area (TPSA) is 24.5 Å². The van der Waals surface area contributed by atoms with Gasteiger partial charge in [0.1, 0.15) is 0 Å². The second-order valence-corrected chi connectivity index (χ2v) is 5.41. The predicted octanol–water partition coefficient (Wildman–Crippen LogP) is 1.60. The van der Waals surface area contributed by atoms with Crippen molar-refractivity contribution >= 4 is 5.69 Å². The average molecular weight is 246 g/mol. The molecule has 0 radical (unpaired) electrons. The maximum absolute atomic E-state index is 5.50. The zero-order valence-electron chi connectivity index (χ0n) is 11.1. The highest BCUT2D eigenvalue weighted by molar-refractivity contribution is 5.51. The molecular formula is C15H22N2O. The summed E-state index contributed by atoms with van der Waals surface area (Å²) in [5.74, 6) is 0. The molecule has 1 aliphatic heterocycles. The second kappa shape index (κ2) is 5.29. The number of nitrogens with zero attached hydrogens (tertiary/aromatic N) is 1. The van der Waals surface area contributed by atoms with Crippen molar-refractivity contribution in [2.75, 3.05) is 38.3 Å². The SMILES string of the molecule is CN(CC1COCCN1)c1ccc2c(c1)CCC2. The summed E-state index contributed by atoms with van der Waals surface area (Å²) in [6.45, 7) is 3.66. The normalized spacial score (nSPS) is 22.8. The van der Waals surface area contributed by atoms with Gasteiger partial charge in [-0.25, -0.2) is 0 Å². The first kappa shape index (κ1) is 12.0. The van der Waals surface area contributed by atoms with E-state index in [0.29, 0.717) is 6.04 Å². The molecule has 1 aliphatic carbocycles. The van der Waals surface area contributed by atoms with E-state index in [4.69, 9.17) is 4.74 Å². The monoisotopic (exact) mass is 246 g/mol. The van der Waals surface area contributed by atoms with Gasteiger partial charge in [-0.2, -0.15) is 0 Å². The van der Waals surface area contributed by atoms with Crippen LogP contribution in [0.2, 0.25) is 0 Å². The molecule has 1 aromatic carbocycles. The summed E-state index contributed by atoms with van der Waals surface area (Å²) in [6, 6.07) is 7.38. The Kier molecular flexibility index (Phi) is 3.52. The number of benzene rings is 1. The molecular weight excluding hydrogens is 224 g/mol. The smallest absolute Gasteiger partial charge is 0.0637 e. The molecule has 1 heterocycles. The van der Waals surface area contributed by atoms with Crippen LogP contribution >= 0.6 is 0 Å². The van der Waals surface area contributed by atoms with Crippen LogP contribution in [0.25, 0.3) is 0 Å². The number of hydrogen-bond acceptors (Lipinski definition) is 3. The van der Waals surface area contributed by atoms with Crippen molar-refractivity contribution in [2.45, 2.75) is 25.3 Å². The van der Waals surface area contributed by atoms with E-state index in [1.807, 2.05) is 0 Å². The largest absolute Gasteiger partial charge is 0.378 e. The third-order valence-electron chi connectivity index (χ3n) is 4.02. The van der Waals surface area contributed by atoms with Crippen LogP contribution in [-0.4, -0.2) is 39.4 Å². The molecule has 0 spiro atoms. The Balaban J connectivity index is 1.66. The van der Waals surface area contributed by atoms with Gasteiger partial charge in [0, 0.05) is 31.9 Å². The molecule has 0 amide bonds. The van der Waals surface area contributed by atoms with Gasteiger partial charge < -0.3 is 15.0 Å². The summed E-state index contributed by atoms with van der Waals surface area (Å²) in [5, 5.41) is 3.51. The second-order valence-electron chi connectivity index (χ2n) is 5.41. The lowest BCUT2D eigenvalue weighted by molar-refractivity contribution is 0.0791. The highest BCUT2D eigenvalue weighted by atomic mass is 16.5. The highest BCUT2D eigenvalue weighted by Crippen LogP contribution is 2.26. The van der Waals surface area contributed by atoms with Crippen LogP contribution < -0.4 is 10.2 Å². The first-order valence-corrected chi connectivity index (χ1v) is 6.97. The van der Waals surface area contributed by atoms with Gasteiger partial charge in [0.15, 0.2) is 0 Å². The lowest BCUT2D eigenvalue weighted by Gasteiger charge is -2.29. The zero-order valence-corrected chi connectivity index (χ0v) is 11.1. The van der Waals surface area contributed by atoms with E-state index in [2.05, 4.69) is 35.5 Å². The van der Waals surface area contributed by atoms with Gasteiger partial charge in [-0.05, 0) is 42.5 Å². The zero-order chi connectivity index (χ0) is 12.4. The number of likely N-dealkylation sites (N-methyl/N-ethyl adjacent to an activating group) is 1. The minimum absolute atomic E-state index is 0.456. The van der Waals surface area contributed by atoms with Gasteiger partial charge in [-0.15, -0.1) is 0 Å². The number of anilines is 1. The fraction of sp³-hybridized carbons (Fsp3) is 0.600. The highest BCUT2D eigenvalue weighted by Gasteiger charge is 2.17. The minimum Gasteiger partial charge on any atom is -0.378 e. The van der Waals surface area contributed by atoms with Crippen molar-refractivity contribution in [2.24, 2.45) is 0 Å². The van der Waals surface area contributed by atoms with Crippen molar-refractivity contribution < 1.29 is 4.74 Å². The fourth-order valence-corrected chi connectivity index (χ4v) is 2.97. The Labute approximate surface area is 109 Å². The molecule has 0 aromatic heterocycles. The predicted molar refractivity (Wildman–Crippen MR) is 74.3 cm³/mol. The maximum Gasteiger partial charge on any atom is 0.0637 e. The molecule has 1 N–H and O–H groups in total. The standard InChI is InChI=1S/C15H22N2O/c1-17(10-14-11-18-8-7-16-14)15-6-5-12-3-2-4-13(12)9-15/h5-6,9,14,16H,2-4,7-8,10-11H2,1H3. The Morgan fingerprint density at radius 1 is 1.33 bits per heavy atom. The number of morpholine rings is 1. The van der Waals surface area contributed by atoms with Crippen LogP contribution in [0.15, 0.2) is 18.2 Å². The van der Waals surface area contributed by atoms with Gasteiger partial charge in [0.25, 0.3) is 0 Å². The summed E-state index contributed by atoms with van der Waals surface area (Å²) in [6.07, 6.45) is 3.83.